The van der Waals surface area contributed by atoms with E-state index in [1.807, 2.05) is 14.0 Å². The predicted molar refractivity (Wildman–Crippen MR) is 39.5 cm³/mol. The lowest BCUT2D eigenvalue weighted by molar-refractivity contribution is 0.629. The van der Waals surface area contributed by atoms with E-state index < -0.39 is 0 Å². The Balaban J connectivity index is 2.75. The van der Waals surface area contributed by atoms with E-state index in [1.54, 1.807) is 18.6 Å². The van der Waals surface area contributed by atoms with Crippen LogP contribution in [-0.4, -0.2) is 17.0 Å². The van der Waals surface area contributed by atoms with Gasteiger partial charge in [-0.15, -0.1) is 0 Å². The van der Waals surface area contributed by atoms with Crippen LogP contribution in [-0.2, 0) is 0 Å². The van der Waals surface area contributed by atoms with Crippen molar-refractivity contribution >= 4 is 0 Å². The molecule has 0 unspecified atom stereocenters. The van der Waals surface area contributed by atoms with Crippen LogP contribution in [0.3, 0.4) is 0 Å². The Kier molecular flexibility index (Phi) is 2.34. The van der Waals surface area contributed by atoms with Gasteiger partial charge in [-0.3, -0.25) is 9.97 Å². The molecular weight excluding hydrogens is 126 g/mol. The van der Waals surface area contributed by atoms with Gasteiger partial charge in [0.15, 0.2) is 0 Å². The molecule has 1 N–H and O–H groups in total. The van der Waals surface area contributed by atoms with Gasteiger partial charge in [0.25, 0.3) is 0 Å². The molecule has 0 aliphatic carbocycles. The number of aromatic nitrogens is 2. The van der Waals surface area contributed by atoms with Gasteiger partial charge < -0.3 is 5.32 Å². The highest BCUT2D eigenvalue weighted by molar-refractivity contribution is 4.99. The van der Waals surface area contributed by atoms with Gasteiger partial charge >= 0.3 is 0 Å². The highest BCUT2D eigenvalue weighted by atomic mass is 14.9. The molecule has 0 saturated carbocycles. The normalized spacial score (nSPS) is 13.0. The smallest absolute Gasteiger partial charge is 0.0753 e. The second kappa shape index (κ2) is 3.27. The van der Waals surface area contributed by atoms with Gasteiger partial charge in [0.05, 0.1) is 5.69 Å². The maximum atomic E-state index is 4.12. The third-order valence-corrected chi connectivity index (χ3v) is 1.46. The zero-order valence-corrected chi connectivity index (χ0v) is 6.20. The molecule has 0 amide bonds. The van der Waals surface area contributed by atoms with Gasteiger partial charge in [0, 0.05) is 24.6 Å². The van der Waals surface area contributed by atoms with E-state index in [-0.39, 0.29) is 6.04 Å². The van der Waals surface area contributed by atoms with E-state index >= 15 is 0 Å². The van der Waals surface area contributed by atoms with E-state index in [2.05, 4.69) is 15.3 Å². The molecule has 3 nitrogen and oxygen atoms in total. The highest BCUT2D eigenvalue weighted by Gasteiger charge is 2.00. The first-order valence-corrected chi connectivity index (χ1v) is 3.27. The van der Waals surface area contributed by atoms with Crippen LogP contribution in [0.15, 0.2) is 18.6 Å². The highest BCUT2D eigenvalue weighted by Crippen LogP contribution is 2.03. The summed E-state index contributed by atoms with van der Waals surface area (Å²) in [5, 5.41) is 3.08. The summed E-state index contributed by atoms with van der Waals surface area (Å²) in [4.78, 5) is 8.08. The summed E-state index contributed by atoms with van der Waals surface area (Å²) in [6.07, 6.45) is 5.14. The molecule has 1 aromatic heterocycles. The number of rotatable bonds is 2. The van der Waals surface area contributed by atoms with Crippen LogP contribution in [0.5, 0.6) is 0 Å². The molecule has 0 aliphatic heterocycles. The fraction of sp³-hybridized carbons (Fsp3) is 0.429. The quantitative estimate of drug-likeness (QED) is 0.653. The van der Waals surface area contributed by atoms with E-state index in [4.69, 9.17) is 0 Å². The Morgan fingerprint density at radius 1 is 1.50 bits per heavy atom. The molecular formula is C7H11N3. The minimum atomic E-state index is 0.286. The van der Waals surface area contributed by atoms with Gasteiger partial charge in [0.2, 0.25) is 0 Å². The molecule has 0 aliphatic rings. The van der Waals surface area contributed by atoms with Crippen LogP contribution in [0.4, 0.5) is 0 Å². The van der Waals surface area contributed by atoms with Gasteiger partial charge in [0.1, 0.15) is 0 Å². The van der Waals surface area contributed by atoms with Crippen molar-refractivity contribution in [3.63, 3.8) is 0 Å². The van der Waals surface area contributed by atoms with E-state index in [0.717, 1.165) is 5.69 Å². The Morgan fingerprint density at radius 2 is 2.30 bits per heavy atom. The summed E-state index contributed by atoms with van der Waals surface area (Å²) in [5.41, 5.74) is 0.977. The molecule has 1 heterocycles. The van der Waals surface area contributed by atoms with Crippen LogP contribution in [0, 0.1) is 0 Å². The molecule has 0 saturated heterocycles. The van der Waals surface area contributed by atoms with E-state index in [1.165, 1.54) is 0 Å². The molecule has 0 bridgehead atoms. The average molecular weight is 137 g/mol. The SMILES string of the molecule is CN[C@H](C)c1cnccn1. The molecule has 1 rings (SSSR count). The first-order valence-electron chi connectivity index (χ1n) is 3.27. The summed E-state index contributed by atoms with van der Waals surface area (Å²) in [6.45, 7) is 2.05. The molecule has 1 aromatic rings. The average Bonchev–Trinajstić information content (AvgIpc) is 2.05. The fourth-order valence-electron chi connectivity index (χ4n) is 0.682. The van der Waals surface area contributed by atoms with Crippen molar-refractivity contribution in [2.45, 2.75) is 13.0 Å². The monoisotopic (exact) mass is 137 g/mol. The van der Waals surface area contributed by atoms with Crippen molar-refractivity contribution in [2.75, 3.05) is 7.05 Å². The third kappa shape index (κ3) is 1.51. The fourth-order valence-corrected chi connectivity index (χ4v) is 0.682. The topological polar surface area (TPSA) is 37.8 Å². The van der Waals surface area contributed by atoms with Crippen molar-refractivity contribution in [2.24, 2.45) is 0 Å². The summed E-state index contributed by atoms with van der Waals surface area (Å²) in [7, 11) is 1.90. The number of nitrogens with one attached hydrogen (secondary N) is 1. The zero-order chi connectivity index (χ0) is 7.40. The van der Waals surface area contributed by atoms with Gasteiger partial charge in [-0.2, -0.15) is 0 Å². The van der Waals surface area contributed by atoms with Crippen LogP contribution in [0.25, 0.3) is 0 Å². The Hall–Kier alpha value is -0.960. The Bertz CT molecular complexity index is 185. The maximum Gasteiger partial charge on any atom is 0.0753 e. The lowest BCUT2D eigenvalue weighted by atomic mass is 10.2. The summed E-state index contributed by atoms with van der Waals surface area (Å²) >= 11 is 0. The van der Waals surface area contributed by atoms with Crippen molar-refractivity contribution in [1.29, 1.82) is 0 Å². The standard InChI is InChI=1S/C7H11N3/c1-6(8-2)7-5-9-3-4-10-7/h3-6,8H,1-2H3/t6-/m1/s1. The molecule has 3 heteroatoms. The molecule has 0 radical (unpaired) electrons. The minimum absolute atomic E-state index is 0.286. The second-order valence-corrected chi connectivity index (χ2v) is 2.14. The number of hydrogen-bond acceptors (Lipinski definition) is 3. The lowest BCUT2D eigenvalue weighted by Gasteiger charge is -2.06. The van der Waals surface area contributed by atoms with Crippen LogP contribution >= 0.6 is 0 Å². The second-order valence-electron chi connectivity index (χ2n) is 2.14. The molecule has 1 atom stereocenters. The molecule has 0 aromatic carbocycles. The molecule has 54 valence electrons. The predicted octanol–water partition coefficient (Wildman–Crippen LogP) is 0.757. The number of hydrogen-bond donors (Lipinski definition) is 1. The van der Waals surface area contributed by atoms with Gasteiger partial charge in [-0.25, -0.2) is 0 Å². The summed E-state index contributed by atoms with van der Waals surface area (Å²) in [5.74, 6) is 0. The maximum absolute atomic E-state index is 4.12. The Labute approximate surface area is 60.5 Å². The van der Waals surface area contributed by atoms with E-state index in [0.29, 0.717) is 0 Å². The largest absolute Gasteiger partial charge is 0.312 e. The molecule has 0 fully saturated rings. The minimum Gasteiger partial charge on any atom is -0.312 e. The Morgan fingerprint density at radius 3 is 2.80 bits per heavy atom. The van der Waals surface area contributed by atoms with Crippen molar-refractivity contribution in [3.8, 4) is 0 Å². The van der Waals surface area contributed by atoms with Crippen LogP contribution in [0.2, 0.25) is 0 Å². The molecule has 0 spiro atoms. The van der Waals surface area contributed by atoms with Crippen LogP contribution in [0.1, 0.15) is 18.7 Å². The van der Waals surface area contributed by atoms with Crippen molar-refractivity contribution in [3.05, 3.63) is 24.3 Å². The van der Waals surface area contributed by atoms with Gasteiger partial charge in [-0.1, -0.05) is 0 Å². The van der Waals surface area contributed by atoms with Crippen molar-refractivity contribution < 1.29 is 0 Å². The zero-order valence-electron chi connectivity index (χ0n) is 6.20. The van der Waals surface area contributed by atoms with Crippen LogP contribution < -0.4 is 5.32 Å². The van der Waals surface area contributed by atoms with Crippen molar-refractivity contribution in [1.82, 2.24) is 15.3 Å². The first-order chi connectivity index (χ1) is 4.84. The molecule has 10 heavy (non-hydrogen) atoms. The summed E-state index contributed by atoms with van der Waals surface area (Å²) in [6, 6.07) is 0.286. The lowest BCUT2D eigenvalue weighted by Crippen LogP contribution is -2.13. The third-order valence-electron chi connectivity index (χ3n) is 1.46. The summed E-state index contributed by atoms with van der Waals surface area (Å²) < 4.78 is 0. The van der Waals surface area contributed by atoms with Gasteiger partial charge in [-0.05, 0) is 14.0 Å². The first kappa shape index (κ1) is 7.15. The number of nitrogens with zero attached hydrogens (tertiary/aromatic N) is 2. The van der Waals surface area contributed by atoms with E-state index in [9.17, 15) is 0 Å².